The number of carbonyl (C=O) groups excluding carboxylic acids is 2. The minimum atomic E-state index is -0.241. The summed E-state index contributed by atoms with van der Waals surface area (Å²) in [6, 6.07) is 0. The standard InChI is InChI=1S/C25H46O4/c1-3-5-7-9-11-12-13-14-16-18-23-29-25(27)21-19-20-24(26)28-22-17-15-10-8-6-4-2/h16,18H,3-15,17,19-23H2,1-2H3/b18-16+. The first-order valence-corrected chi connectivity index (χ1v) is 12.2. The molecule has 0 aromatic heterocycles. The summed E-state index contributed by atoms with van der Waals surface area (Å²) in [6.45, 7) is 5.27. The average molecular weight is 411 g/mol. The predicted molar refractivity (Wildman–Crippen MR) is 121 cm³/mol. The monoisotopic (exact) mass is 410 g/mol. The van der Waals surface area contributed by atoms with Gasteiger partial charge in [0.1, 0.15) is 6.61 Å². The molecule has 0 rings (SSSR count). The van der Waals surface area contributed by atoms with Crippen molar-refractivity contribution in [2.24, 2.45) is 0 Å². The zero-order chi connectivity index (χ0) is 21.4. The summed E-state index contributed by atoms with van der Waals surface area (Å²) in [4.78, 5) is 23.3. The van der Waals surface area contributed by atoms with Crippen molar-refractivity contribution in [1.29, 1.82) is 0 Å². The van der Waals surface area contributed by atoms with E-state index >= 15 is 0 Å². The SMILES string of the molecule is CCCCCCCCC/C=C/COC(=O)CCCC(=O)OCCCCCCCC. The van der Waals surface area contributed by atoms with Crippen LogP contribution in [0.4, 0.5) is 0 Å². The molecule has 4 heteroatoms. The van der Waals surface area contributed by atoms with Crippen molar-refractivity contribution in [2.75, 3.05) is 13.2 Å². The van der Waals surface area contributed by atoms with E-state index in [1.807, 2.05) is 6.08 Å². The molecule has 0 aromatic rings. The van der Waals surface area contributed by atoms with E-state index in [9.17, 15) is 9.59 Å². The molecule has 0 atom stereocenters. The Morgan fingerprint density at radius 1 is 0.586 bits per heavy atom. The van der Waals surface area contributed by atoms with Crippen molar-refractivity contribution < 1.29 is 19.1 Å². The molecule has 0 saturated carbocycles. The second kappa shape index (κ2) is 23.0. The minimum absolute atomic E-state index is 0.207. The van der Waals surface area contributed by atoms with E-state index in [-0.39, 0.29) is 18.4 Å². The van der Waals surface area contributed by atoms with Crippen molar-refractivity contribution in [1.82, 2.24) is 0 Å². The fourth-order valence-corrected chi connectivity index (χ4v) is 3.14. The fourth-order valence-electron chi connectivity index (χ4n) is 3.14. The molecule has 0 saturated heterocycles. The quantitative estimate of drug-likeness (QED) is 0.113. The van der Waals surface area contributed by atoms with Gasteiger partial charge in [-0.3, -0.25) is 9.59 Å². The van der Waals surface area contributed by atoms with Gasteiger partial charge in [0, 0.05) is 12.8 Å². The van der Waals surface area contributed by atoms with E-state index in [0.717, 1.165) is 19.3 Å². The number of carbonyl (C=O) groups is 2. The maximum atomic E-state index is 11.7. The Kier molecular flexibility index (Phi) is 21.9. The summed E-state index contributed by atoms with van der Waals surface area (Å²) in [7, 11) is 0. The number of hydrogen-bond acceptors (Lipinski definition) is 4. The third-order valence-electron chi connectivity index (χ3n) is 5.00. The molecule has 29 heavy (non-hydrogen) atoms. The Hall–Kier alpha value is -1.32. The first-order chi connectivity index (χ1) is 14.2. The molecule has 0 N–H and O–H groups in total. The highest BCUT2D eigenvalue weighted by Gasteiger charge is 2.06. The van der Waals surface area contributed by atoms with Gasteiger partial charge >= 0.3 is 11.9 Å². The molecular weight excluding hydrogens is 364 g/mol. The van der Waals surface area contributed by atoms with Crippen LogP contribution in [-0.2, 0) is 19.1 Å². The number of rotatable bonds is 21. The van der Waals surface area contributed by atoms with Gasteiger partial charge in [-0.05, 0) is 25.7 Å². The van der Waals surface area contributed by atoms with E-state index < -0.39 is 0 Å². The van der Waals surface area contributed by atoms with Gasteiger partial charge in [-0.2, -0.15) is 0 Å². The molecule has 0 heterocycles. The normalized spacial score (nSPS) is 11.1. The van der Waals surface area contributed by atoms with Crippen molar-refractivity contribution in [3.8, 4) is 0 Å². The molecule has 0 radical (unpaired) electrons. The van der Waals surface area contributed by atoms with Crippen molar-refractivity contribution in [3.63, 3.8) is 0 Å². The van der Waals surface area contributed by atoms with Crippen LogP contribution in [-0.4, -0.2) is 25.2 Å². The van der Waals surface area contributed by atoms with Crippen LogP contribution in [0.2, 0.25) is 0 Å². The molecule has 0 amide bonds. The van der Waals surface area contributed by atoms with E-state index in [1.165, 1.54) is 70.6 Å². The van der Waals surface area contributed by atoms with Crippen LogP contribution in [0.15, 0.2) is 12.2 Å². The lowest BCUT2D eigenvalue weighted by Gasteiger charge is -2.05. The first-order valence-electron chi connectivity index (χ1n) is 12.2. The first kappa shape index (κ1) is 27.7. The lowest BCUT2D eigenvalue weighted by molar-refractivity contribution is -0.145. The van der Waals surface area contributed by atoms with Crippen LogP contribution >= 0.6 is 0 Å². The van der Waals surface area contributed by atoms with Gasteiger partial charge in [0.05, 0.1) is 6.61 Å². The van der Waals surface area contributed by atoms with E-state index in [2.05, 4.69) is 19.9 Å². The molecule has 0 unspecified atom stereocenters. The lowest BCUT2D eigenvalue weighted by atomic mass is 10.1. The average Bonchev–Trinajstić information content (AvgIpc) is 2.71. The van der Waals surface area contributed by atoms with Gasteiger partial charge in [0.2, 0.25) is 0 Å². The second-order valence-corrected chi connectivity index (χ2v) is 7.91. The largest absolute Gasteiger partial charge is 0.466 e. The molecule has 0 aromatic carbocycles. The number of esters is 2. The van der Waals surface area contributed by atoms with Crippen LogP contribution in [0.1, 0.15) is 123 Å². The minimum Gasteiger partial charge on any atom is -0.466 e. The number of unbranched alkanes of at least 4 members (excludes halogenated alkanes) is 12. The summed E-state index contributed by atoms with van der Waals surface area (Å²) in [5, 5.41) is 0. The zero-order valence-electron chi connectivity index (χ0n) is 19.2. The fraction of sp³-hybridized carbons (Fsp3) is 0.840. The van der Waals surface area contributed by atoms with E-state index in [1.54, 1.807) is 0 Å². The number of ether oxygens (including phenoxy) is 2. The van der Waals surface area contributed by atoms with Gasteiger partial charge in [0.25, 0.3) is 0 Å². The molecule has 170 valence electrons. The molecular formula is C25H46O4. The molecule has 0 fully saturated rings. The highest BCUT2D eigenvalue weighted by Crippen LogP contribution is 2.09. The van der Waals surface area contributed by atoms with Gasteiger partial charge in [-0.25, -0.2) is 0 Å². The van der Waals surface area contributed by atoms with Crippen LogP contribution in [0.5, 0.6) is 0 Å². The Morgan fingerprint density at radius 3 is 1.72 bits per heavy atom. The smallest absolute Gasteiger partial charge is 0.306 e. The number of hydrogen-bond donors (Lipinski definition) is 0. The van der Waals surface area contributed by atoms with Crippen molar-refractivity contribution >= 4 is 11.9 Å². The van der Waals surface area contributed by atoms with Crippen molar-refractivity contribution in [3.05, 3.63) is 12.2 Å². The summed E-state index contributed by atoms with van der Waals surface area (Å²) in [5.74, 6) is -0.449. The summed E-state index contributed by atoms with van der Waals surface area (Å²) >= 11 is 0. The van der Waals surface area contributed by atoms with Crippen molar-refractivity contribution in [2.45, 2.75) is 123 Å². The maximum absolute atomic E-state index is 11.7. The topological polar surface area (TPSA) is 52.6 Å². The number of allylic oxidation sites excluding steroid dienone is 1. The maximum Gasteiger partial charge on any atom is 0.306 e. The Labute approximate surface area is 179 Å². The third-order valence-corrected chi connectivity index (χ3v) is 5.00. The summed E-state index contributed by atoms with van der Waals surface area (Å²) in [6.07, 6.45) is 22.4. The lowest BCUT2D eigenvalue weighted by Crippen LogP contribution is -2.08. The van der Waals surface area contributed by atoms with Gasteiger partial charge < -0.3 is 9.47 Å². The molecule has 0 spiro atoms. The van der Waals surface area contributed by atoms with Crippen LogP contribution in [0.25, 0.3) is 0 Å². The second-order valence-electron chi connectivity index (χ2n) is 7.91. The zero-order valence-corrected chi connectivity index (χ0v) is 19.2. The molecule has 0 bridgehead atoms. The highest BCUT2D eigenvalue weighted by molar-refractivity contribution is 5.72. The third kappa shape index (κ3) is 22.8. The van der Waals surface area contributed by atoms with Crippen LogP contribution in [0.3, 0.4) is 0 Å². The van der Waals surface area contributed by atoms with E-state index in [4.69, 9.17) is 9.47 Å². The van der Waals surface area contributed by atoms with Gasteiger partial charge in [-0.15, -0.1) is 0 Å². The molecule has 0 aliphatic rings. The molecule has 4 nitrogen and oxygen atoms in total. The Morgan fingerprint density at radius 2 is 1.10 bits per heavy atom. The molecule has 0 aliphatic carbocycles. The van der Waals surface area contributed by atoms with Gasteiger partial charge in [-0.1, -0.05) is 96.6 Å². The Balaban J connectivity index is 3.39. The molecule has 0 aliphatic heterocycles. The summed E-state index contributed by atoms with van der Waals surface area (Å²) < 4.78 is 10.4. The van der Waals surface area contributed by atoms with Gasteiger partial charge in [0.15, 0.2) is 0 Å². The highest BCUT2D eigenvalue weighted by atomic mass is 16.5. The Bertz CT molecular complexity index is 404. The van der Waals surface area contributed by atoms with Crippen LogP contribution < -0.4 is 0 Å². The van der Waals surface area contributed by atoms with E-state index in [0.29, 0.717) is 26.1 Å². The van der Waals surface area contributed by atoms with Crippen LogP contribution in [0, 0.1) is 0 Å². The predicted octanol–water partition coefficient (Wildman–Crippen LogP) is 7.30. The summed E-state index contributed by atoms with van der Waals surface area (Å²) in [5.41, 5.74) is 0.